The van der Waals surface area contributed by atoms with Crippen LogP contribution in [0.2, 0.25) is 0 Å². The lowest BCUT2D eigenvalue weighted by atomic mass is 10.2. The highest BCUT2D eigenvalue weighted by molar-refractivity contribution is 7.99. The van der Waals surface area contributed by atoms with E-state index in [2.05, 4.69) is 4.98 Å². The Morgan fingerprint density at radius 3 is 2.79 bits per heavy atom. The predicted molar refractivity (Wildman–Crippen MR) is 70.5 cm³/mol. The summed E-state index contributed by atoms with van der Waals surface area (Å²) in [6, 6.07) is 12.1. The second-order valence-corrected chi connectivity index (χ2v) is 4.92. The van der Waals surface area contributed by atoms with Crippen molar-refractivity contribution >= 4 is 22.9 Å². The van der Waals surface area contributed by atoms with Crippen LogP contribution in [0.4, 0.5) is 4.39 Å². The van der Waals surface area contributed by atoms with Gasteiger partial charge in [0.05, 0.1) is 6.61 Å². The second kappa shape index (κ2) is 5.03. The fourth-order valence-corrected chi connectivity index (χ4v) is 2.67. The molecule has 0 aliphatic rings. The molecule has 0 saturated carbocycles. The van der Waals surface area contributed by atoms with Gasteiger partial charge in [-0.25, -0.2) is 9.37 Å². The first-order valence-electron chi connectivity index (χ1n) is 5.69. The van der Waals surface area contributed by atoms with Gasteiger partial charge in [-0.3, -0.25) is 0 Å². The average molecular weight is 275 g/mol. The molecule has 3 rings (SSSR count). The third-order valence-electron chi connectivity index (χ3n) is 2.71. The summed E-state index contributed by atoms with van der Waals surface area (Å²) in [6.07, 6.45) is 0. The topological polar surface area (TPSA) is 46.3 Å². The molecule has 0 atom stereocenters. The molecule has 0 fully saturated rings. The van der Waals surface area contributed by atoms with Crippen LogP contribution in [0.3, 0.4) is 0 Å². The molecule has 1 N–H and O–H groups in total. The molecule has 1 heterocycles. The first-order valence-corrected chi connectivity index (χ1v) is 6.51. The summed E-state index contributed by atoms with van der Waals surface area (Å²) in [5.74, 6) is -0.427. The van der Waals surface area contributed by atoms with Crippen molar-refractivity contribution < 1.29 is 13.9 Å². The van der Waals surface area contributed by atoms with Gasteiger partial charge in [-0.15, -0.1) is 0 Å². The van der Waals surface area contributed by atoms with Crippen molar-refractivity contribution in [3.05, 3.63) is 53.8 Å². The Balaban J connectivity index is 1.99. The van der Waals surface area contributed by atoms with E-state index in [9.17, 15) is 9.50 Å². The van der Waals surface area contributed by atoms with E-state index >= 15 is 0 Å². The van der Waals surface area contributed by atoms with Crippen LogP contribution in [0, 0.1) is 5.82 Å². The quantitative estimate of drug-likeness (QED) is 0.793. The third-order valence-corrected chi connectivity index (χ3v) is 3.66. The van der Waals surface area contributed by atoms with Gasteiger partial charge in [0.1, 0.15) is 11.3 Å². The Hall–Kier alpha value is -1.85. The number of hydrogen-bond acceptors (Lipinski definition) is 4. The largest absolute Gasteiger partial charge is 0.431 e. The first-order chi connectivity index (χ1) is 9.28. The van der Waals surface area contributed by atoms with Gasteiger partial charge in [-0.05, 0) is 36.0 Å². The summed E-state index contributed by atoms with van der Waals surface area (Å²) >= 11 is 1.20. The van der Waals surface area contributed by atoms with Crippen molar-refractivity contribution in [1.29, 1.82) is 0 Å². The summed E-state index contributed by atoms with van der Waals surface area (Å²) in [5, 5.41) is 9.64. The van der Waals surface area contributed by atoms with Gasteiger partial charge >= 0.3 is 0 Å². The van der Waals surface area contributed by atoms with Crippen LogP contribution in [-0.4, -0.2) is 10.1 Å². The highest BCUT2D eigenvalue weighted by atomic mass is 32.2. The Labute approximate surface area is 113 Å². The molecule has 2 aromatic carbocycles. The van der Waals surface area contributed by atoms with Crippen LogP contribution in [-0.2, 0) is 6.61 Å². The van der Waals surface area contributed by atoms with E-state index < -0.39 is 5.82 Å². The molecule has 0 spiro atoms. The van der Waals surface area contributed by atoms with Crippen LogP contribution in [0.25, 0.3) is 11.1 Å². The molecule has 96 valence electrons. The Kier molecular flexibility index (Phi) is 3.23. The molecule has 0 radical (unpaired) electrons. The summed E-state index contributed by atoms with van der Waals surface area (Å²) in [6.45, 7) is -0.352. The van der Waals surface area contributed by atoms with E-state index in [1.54, 1.807) is 12.1 Å². The maximum Gasteiger partial charge on any atom is 0.261 e. The number of aliphatic hydroxyl groups excluding tert-OH is 1. The number of aromatic nitrogens is 1. The van der Waals surface area contributed by atoms with Crippen LogP contribution in [0.5, 0.6) is 0 Å². The second-order valence-electron chi connectivity index (χ2n) is 3.92. The fourth-order valence-electron chi connectivity index (χ4n) is 1.78. The molecule has 0 unspecified atom stereocenters. The summed E-state index contributed by atoms with van der Waals surface area (Å²) < 4.78 is 19.1. The van der Waals surface area contributed by atoms with Crippen LogP contribution in [0.1, 0.15) is 5.56 Å². The lowest BCUT2D eigenvalue weighted by Crippen LogP contribution is -1.92. The minimum absolute atomic E-state index is 0.259. The third kappa shape index (κ3) is 2.34. The average Bonchev–Trinajstić information content (AvgIpc) is 2.81. The van der Waals surface area contributed by atoms with Crippen molar-refractivity contribution in [3.8, 4) is 0 Å². The van der Waals surface area contributed by atoms with E-state index in [0.717, 1.165) is 5.52 Å². The van der Waals surface area contributed by atoms with Crippen molar-refractivity contribution in [2.24, 2.45) is 0 Å². The van der Waals surface area contributed by atoms with Gasteiger partial charge in [0, 0.05) is 10.5 Å². The van der Waals surface area contributed by atoms with E-state index in [0.29, 0.717) is 15.7 Å². The van der Waals surface area contributed by atoms with Gasteiger partial charge in [-0.2, -0.15) is 0 Å². The zero-order valence-electron chi connectivity index (χ0n) is 9.84. The predicted octanol–water partition coefficient (Wildman–Crippen LogP) is 3.61. The zero-order chi connectivity index (χ0) is 13.2. The standard InChI is InChI=1S/C14H10FNO2S/c15-10-4-3-7-13(9(10)8-17)19-14-16-11-5-1-2-6-12(11)18-14/h1-7,17H,8H2. The number of para-hydroxylation sites is 2. The van der Waals surface area contributed by atoms with Crippen LogP contribution < -0.4 is 0 Å². The maximum atomic E-state index is 13.5. The number of nitrogens with zero attached hydrogens (tertiary/aromatic N) is 1. The number of fused-ring (bicyclic) bond motifs is 1. The van der Waals surface area contributed by atoms with Crippen LogP contribution >= 0.6 is 11.8 Å². The molecule has 3 aromatic rings. The number of oxazole rings is 1. The van der Waals surface area contributed by atoms with E-state index in [1.807, 2.05) is 24.3 Å². The smallest absolute Gasteiger partial charge is 0.261 e. The molecular formula is C14H10FNO2S. The Bertz CT molecular complexity index is 693. The van der Waals surface area contributed by atoms with Gasteiger partial charge in [0.25, 0.3) is 5.22 Å². The highest BCUT2D eigenvalue weighted by Gasteiger charge is 2.12. The lowest BCUT2D eigenvalue weighted by molar-refractivity contribution is 0.272. The van der Waals surface area contributed by atoms with E-state index in [4.69, 9.17) is 4.42 Å². The SMILES string of the molecule is OCc1c(F)cccc1Sc1nc2ccccc2o1. The summed E-state index contributed by atoms with van der Waals surface area (Å²) in [7, 11) is 0. The van der Waals surface area contributed by atoms with E-state index in [-0.39, 0.29) is 12.2 Å². The number of hydrogen-bond donors (Lipinski definition) is 1. The Morgan fingerprint density at radius 1 is 1.16 bits per heavy atom. The number of halogens is 1. The minimum Gasteiger partial charge on any atom is -0.431 e. The molecule has 0 aliphatic carbocycles. The fraction of sp³-hybridized carbons (Fsp3) is 0.0714. The molecule has 19 heavy (non-hydrogen) atoms. The molecule has 0 amide bonds. The highest BCUT2D eigenvalue weighted by Crippen LogP contribution is 2.32. The number of rotatable bonds is 3. The molecule has 0 saturated heterocycles. The lowest BCUT2D eigenvalue weighted by Gasteiger charge is -2.04. The Morgan fingerprint density at radius 2 is 2.00 bits per heavy atom. The summed E-state index contributed by atoms with van der Waals surface area (Å²) in [4.78, 5) is 4.91. The maximum absolute atomic E-state index is 13.5. The molecular weight excluding hydrogens is 265 g/mol. The van der Waals surface area contributed by atoms with Gasteiger partial charge in [-0.1, -0.05) is 18.2 Å². The van der Waals surface area contributed by atoms with Crippen molar-refractivity contribution in [2.75, 3.05) is 0 Å². The molecule has 1 aromatic heterocycles. The first kappa shape index (κ1) is 12.2. The minimum atomic E-state index is -0.427. The summed E-state index contributed by atoms with van der Waals surface area (Å²) in [5.41, 5.74) is 1.70. The molecule has 3 nitrogen and oxygen atoms in total. The van der Waals surface area contributed by atoms with Gasteiger partial charge in [0.2, 0.25) is 0 Å². The monoisotopic (exact) mass is 275 g/mol. The zero-order valence-corrected chi connectivity index (χ0v) is 10.7. The van der Waals surface area contributed by atoms with Crippen molar-refractivity contribution in [1.82, 2.24) is 4.98 Å². The van der Waals surface area contributed by atoms with Crippen LogP contribution in [0.15, 0.2) is 57.0 Å². The van der Waals surface area contributed by atoms with Gasteiger partial charge in [0.15, 0.2) is 5.58 Å². The van der Waals surface area contributed by atoms with Crippen molar-refractivity contribution in [2.45, 2.75) is 16.7 Å². The van der Waals surface area contributed by atoms with E-state index in [1.165, 1.54) is 17.8 Å². The normalized spacial score (nSPS) is 11.1. The molecule has 0 aliphatic heterocycles. The molecule has 0 bridgehead atoms. The number of benzene rings is 2. The molecule has 5 heteroatoms. The van der Waals surface area contributed by atoms with Crippen molar-refractivity contribution in [3.63, 3.8) is 0 Å². The number of aliphatic hydroxyl groups is 1. The van der Waals surface area contributed by atoms with Gasteiger partial charge < -0.3 is 9.52 Å².